The van der Waals surface area contributed by atoms with Crippen LogP contribution in [-0.4, -0.2) is 10.2 Å². The van der Waals surface area contributed by atoms with Gasteiger partial charge in [0.15, 0.2) is 5.01 Å². The molecular weight excluding hydrogens is 226 g/mol. The summed E-state index contributed by atoms with van der Waals surface area (Å²) in [6.45, 7) is 0. The summed E-state index contributed by atoms with van der Waals surface area (Å²) in [5.41, 5.74) is 6.71. The molecule has 2 aromatic heterocycles. The van der Waals surface area contributed by atoms with E-state index in [1.807, 2.05) is 12.1 Å². The molecule has 0 fully saturated rings. The Morgan fingerprint density at radius 2 is 2.00 bits per heavy atom. The standard InChI is InChI=1S/C10H7N3S2/c11-10-13-12-9(15-10)7-5-14-8-4-2-1-3-6(7)8/h1-5H,(H2,11,13). The van der Waals surface area contributed by atoms with Gasteiger partial charge in [-0.15, -0.1) is 21.5 Å². The van der Waals surface area contributed by atoms with Crippen LogP contribution < -0.4 is 5.73 Å². The molecule has 0 saturated heterocycles. The second kappa shape index (κ2) is 3.29. The lowest BCUT2D eigenvalue weighted by atomic mass is 10.2. The van der Waals surface area contributed by atoms with Crippen molar-refractivity contribution < 1.29 is 0 Å². The Kier molecular flexibility index (Phi) is 1.93. The summed E-state index contributed by atoms with van der Waals surface area (Å²) in [6, 6.07) is 8.27. The first-order valence-corrected chi connectivity index (χ1v) is 6.10. The second-order valence-electron chi connectivity index (χ2n) is 3.09. The van der Waals surface area contributed by atoms with Gasteiger partial charge in [-0.3, -0.25) is 0 Å². The predicted molar refractivity (Wildman–Crippen MR) is 65.1 cm³/mol. The van der Waals surface area contributed by atoms with Gasteiger partial charge in [-0.2, -0.15) is 0 Å². The summed E-state index contributed by atoms with van der Waals surface area (Å²) in [6.07, 6.45) is 0. The van der Waals surface area contributed by atoms with Gasteiger partial charge < -0.3 is 5.73 Å². The molecule has 2 heterocycles. The predicted octanol–water partition coefficient (Wildman–Crippen LogP) is 3.00. The number of nitrogens with two attached hydrogens (primary N) is 1. The van der Waals surface area contributed by atoms with Crippen molar-refractivity contribution in [3.05, 3.63) is 29.6 Å². The third kappa shape index (κ3) is 1.40. The molecule has 0 radical (unpaired) electrons. The minimum absolute atomic E-state index is 0.514. The molecule has 15 heavy (non-hydrogen) atoms. The monoisotopic (exact) mass is 233 g/mol. The highest BCUT2D eigenvalue weighted by Gasteiger charge is 2.09. The van der Waals surface area contributed by atoms with Crippen LogP contribution in [0.2, 0.25) is 0 Å². The summed E-state index contributed by atoms with van der Waals surface area (Å²) in [5.74, 6) is 0. The summed E-state index contributed by atoms with van der Waals surface area (Å²) in [4.78, 5) is 0. The molecule has 2 N–H and O–H groups in total. The average Bonchev–Trinajstić information content (AvgIpc) is 2.83. The molecule has 1 aromatic carbocycles. The minimum atomic E-state index is 0.514. The lowest BCUT2D eigenvalue weighted by molar-refractivity contribution is 1.10. The Morgan fingerprint density at radius 1 is 1.13 bits per heavy atom. The topological polar surface area (TPSA) is 51.8 Å². The van der Waals surface area contributed by atoms with Crippen molar-refractivity contribution in [1.29, 1.82) is 0 Å². The number of rotatable bonds is 1. The highest BCUT2D eigenvalue weighted by Crippen LogP contribution is 2.35. The summed E-state index contributed by atoms with van der Waals surface area (Å²) in [5, 5.41) is 12.6. The van der Waals surface area contributed by atoms with Crippen LogP contribution in [0.4, 0.5) is 5.13 Å². The van der Waals surface area contributed by atoms with E-state index >= 15 is 0 Å². The summed E-state index contributed by atoms with van der Waals surface area (Å²) in [7, 11) is 0. The van der Waals surface area contributed by atoms with Crippen molar-refractivity contribution in [2.45, 2.75) is 0 Å². The Hall–Kier alpha value is -1.46. The van der Waals surface area contributed by atoms with Gasteiger partial charge in [-0.1, -0.05) is 29.5 Å². The van der Waals surface area contributed by atoms with E-state index in [2.05, 4.69) is 27.7 Å². The number of nitrogens with zero attached hydrogens (tertiary/aromatic N) is 2. The van der Waals surface area contributed by atoms with E-state index in [9.17, 15) is 0 Å². The lowest BCUT2D eigenvalue weighted by Gasteiger charge is -1.91. The van der Waals surface area contributed by atoms with Crippen LogP contribution in [-0.2, 0) is 0 Å². The summed E-state index contributed by atoms with van der Waals surface area (Å²) < 4.78 is 1.27. The maximum absolute atomic E-state index is 5.58. The van der Waals surface area contributed by atoms with Crippen LogP contribution in [0.5, 0.6) is 0 Å². The van der Waals surface area contributed by atoms with Gasteiger partial charge in [0.1, 0.15) is 0 Å². The fourth-order valence-electron chi connectivity index (χ4n) is 1.49. The van der Waals surface area contributed by atoms with E-state index < -0.39 is 0 Å². The highest BCUT2D eigenvalue weighted by atomic mass is 32.1. The first-order chi connectivity index (χ1) is 7.34. The van der Waals surface area contributed by atoms with Crippen LogP contribution >= 0.6 is 22.7 Å². The van der Waals surface area contributed by atoms with Crippen molar-refractivity contribution in [3.63, 3.8) is 0 Å². The first kappa shape index (κ1) is 8.82. The van der Waals surface area contributed by atoms with Crippen LogP contribution in [0.1, 0.15) is 0 Å². The Morgan fingerprint density at radius 3 is 2.80 bits per heavy atom. The number of aromatic nitrogens is 2. The third-order valence-corrected chi connectivity index (χ3v) is 3.90. The SMILES string of the molecule is Nc1nnc(-c2csc3ccccc23)s1. The van der Waals surface area contributed by atoms with E-state index in [4.69, 9.17) is 5.73 Å². The lowest BCUT2D eigenvalue weighted by Crippen LogP contribution is -1.79. The zero-order chi connectivity index (χ0) is 10.3. The zero-order valence-corrected chi connectivity index (χ0v) is 9.31. The average molecular weight is 233 g/mol. The molecule has 0 atom stereocenters. The van der Waals surface area contributed by atoms with E-state index in [1.165, 1.54) is 21.4 Å². The molecule has 0 aliphatic carbocycles. The number of nitrogen functional groups attached to an aromatic ring is 1. The Balaban J connectivity index is 2.27. The molecule has 74 valence electrons. The first-order valence-electron chi connectivity index (χ1n) is 4.40. The van der Waals surface area contributed by atoms with Crippen molar-refractivity contribution in [2.75, 3.05) is 5.73 Å². The fraction of sp³-hybridized carbons (Fsp3) is 0. The van der Waals surface area contributed by atoms with Crippen molar-refractivity contribution >= 4 is 37.9 Å². The Labute approximate surface area is 94.2 Å². The molecule has 0 unspecified atom stereocenters. The van der Waals surface area contributed by atoms with E-state index in [-0.39, 0.29) is 0 Å². The Bertz CT molecular complexity index is 612. The van der Waals surface area contributed by atoms with Gasteiger partial charge in [0.25, 0.3) is 0 Å². The van der Waals surface area contributed by atoms with Crippen molar-refractivity contribution in [3.8, 4) is 10.6 Å². The van der Waals surface area contributed by atoms with E-state index in [1.54, 1.807) is 11.3 Å². The van der Waals surface area contributed by atoms with Crippen molar-refractivity contribution in [1.82, 2.24) is 10.2 Å². The molecule has 5 heteroatoms. The maximum Gasteiger partial charge on any atom is 0.203 e. The third-order valence-electron chi connectivity index (χ3n) is 2.15. The molecule has 3 rings (SSSR count). The summed E-state index contributed by atoms with van der Waals surface area (Å²) >= 11 is 3.14. The number of hydrogen-bond donors (Lipinski definition) is 1. The van der Waals surface area contributed by atoms with Gasteiger partial charge in [0.05, 0.1) is 0 Å². The quantitative estimate of drug-likeness (QED) is 0.703. The van der Waals surface area contributed by atoms with Crippen LogP contribution in [0.3, 0.4) is 0 Å². The largest absolute Gasteiger partial charge is 0.374 e. The number of thiophene rings is 1. The van der Waals surface area contributed by atoms with E-state index in [0.29, 0.717) is 5.13 Å². The van der Waals surface area contributed by atoms with Crippen LogP contribution in [0.15, 0.2) is 29.6 Å². The van der Waals surface area contributed by atoms with Gasteiger partial charge in [0, 0.05) is 21.0 Å². The number of hydrogen-bond acceptors (Lipinski definition) is 5. The van der Waals surface area contributed by atoms with Crippen LogP contribution in [0.25, 0.3) is 20.7 Å². The molecule has 3 aromatic rings. The smallest absolute Gasteiger partial charge is 0.203 e. The zero-order valence-electron chi connectivity index (χ0n) is 7.68. The molecular formula is C10H7N3S2. The number of fused-ring (bicyclic) bond motifs is 1. The van der Waals surface area contributed by atoms with Crippen LogP contribution in [0, 0.1) is 0 Å². The molecule has 0 aliphatic heterocycles. The van der Waals surface area contributed by atoms with Gasteiger partial charge in [-0.25, -0.2) is 0 Å². The molecule has 0 aliphatic rings. The molecule has 0 bridgehead atoms. The molecule has 0 spiro atoms. The van der Waals surface area contributed by atoms with E-state index in [0.717, 1.165) is 10.6 Å². The molecule has 0 saturated carbocycles. The maximum atomic E-state index is 5.58. The second-order valence-corrected chi connectivity index (χ2v) is 5.01. The van der Waals surface area contributed by atoms with Gasteiger partial charge >= 0.3 is 0 Å². The normalized spacial score (nSPS) is 10.9. The minimum Gasteiger partial charge on any atom is -0.374 e. The fourth-order valence-corrected chi connectivity index (χ4v) is 3.15. The molecule has 3 nitrogen and oxygen atoms in total. The van der Waals surface area contributed by atoms with Gasteiger partial charge in [0.2, 0.25) is 5.13 Å². The number of benzene rings is 1. The highest BCUT2D eigenvalue weighted by molar-refractivity contribution is 7.20. The molecule has 0 amide bonds. The van der Waals surface area contributed by atoms with Crippen molar-refractivity contribution in [2.24, 2.45) is 0 Å². The van der Waals surface area contributed by atoms with Gasteiger partial charge in [-0.05, 0) is 6.07 Å². The number of anilines is 1.